The van der Waals surface area contributed by atoms with Crippen molar-refractivity contribution in [3.63, 3.8) is 0 Å². The fourth-order valence-corrected chi connectivity index (χ4v) is 1.03. The number of rotatable bonds is 1. The lowest BCUT2D eigenvalue weighted by atomic mass is 10.3. The van der Waals surface area contributed by atoms with Crippen molar-refractivity contribution in [3.8, 4) is 11.4 Å². The van der Waals surface area contributed by atoms with Crippen molar-refractivity contribution >= 4 is 0 Å². The molecule has 0 aromatic carbocycles. The smallest absolute Gasteiger partial charge is 0.116 e. The van der Waals surface area contributed by atoms with Crippen molar-refractivity contribution < 1.29 is 0 Å². The number of hydrogen-bond donors (Lipinski definition) is 0. The van der Waals surface area contributed by atoms with Crippen LogP contribution in [0.15, 0.2) is 31.0 Å². The molecule has 0 radical (unpaired) electrons. The molecule has 13 heavy (non-hydrogen) atoms. The third-order valence-electron chi connectivity index (χ3n) is 1.63. The van der Waals surface area contributed by atoms with Crippen LogP contribution in [0.4, 0.5) is 0 Å². The monoisotopic (exact) mass is 172 g/mol. The third-order valence-corrected chi connectivity index (χ3v) is 1.63. The van der Waals surface area contributed by atoms with Gasteiger partial charge >= 0.3 is 0 Å². The van der Waals surface area contributed by atoms with Gasteiger partial charge in [0.05, 0.1) is 11.9 Å². The van der Waals surface area contributed by atoms with Gasteiger partial charge in [-0.15, -0.1) is 0 Å². The van der Waals surface area contributed by atoms with Gasteiger partial charge in [-0.2, -0.15) is 0 Å². The van der Waals surface area contributed by atoms with Gasteiger partial charge in [-0.3, -0.25) is 9.97 Å². The van der Waals surface area contributed by atoms with Gasteiger partial charge < -0.3 is 0 Å². The van der Waals surface area contributed by atoms with Crippen LogP contribution >= 0.6 is 0 Å². The van der Waals surface area contributed by atoms with Crippen molar-refractivity contribution in [2.24, 2.45) is 0 Å². The maximum absolute atomic E-state index is 4.14. The van der Waals surface area contributed by atoms with Crippen molar-refractivity contribution in [3.05, 3.63) is 36.7 Å². The van der Waals surface area contributed by atoms with Gasteiger partial charge in [0.25, 0.3) is 0 Å². The quantitative estimate of drug-likeness (QED) is 0.649. The van der Waals surface area contributed by atoms with Crippen LogP contribution in [0.25, 0.3) is 11.4 Å². The molecule has 0 saturated heterocycles. The maximum Gasteiger partial charge on any atom is 0.116 e. The Hall–Kier alpha value is -1.84. The molecule has 0 fully saturated rings. The van der Waals surface area contributed by atoms with Gasteiger partial charge in [-0.05, 0) is 13.0 Å². The van der Waals surface area contributed by atoms with E-state index in [0.29, 0.717) is 0 Å². The summed E-state index contributed by atoms with van der Waals surface area (Å²) in [6.07, 6.45) is 6.49. The second-order valence-electron chi connectivity index (χ2n) is 2.64. The predicted molar refractivity (Wildman–Crippen MR) is 47.8 cm³/mol. The highest BCUT2D eigenvalue weighted by molar-refractivity contribution is 5.51. The van der Waals surface area contributed by atoms with Gasteiger partial charge in [0, 0.05) is 18.1 Å². The maximum atomic E-state index is 4.14. The molecule has 2 rings (SSSR count). The summed E-state index contributed by atoms with van der Waals surface area (Å²) in [6, 6.07) is 1.88. The molecule has 4 nitrogen and oxygen atoms in total. The van der Waals surface area contributed by atoms with Crippen LogP contribution in [-0.4, -0.2) is 19.9 Å². The van der Waals surface area contributed by atoms with E-state index in [4.69, 9.17) is 0 Å². The first-order chi connectivity index (χ1) is 6.36. The summed E-state index contributed by atoms with van der Waals surface area (Å²) in [5.74, 6) is 0. The highest BCUT2D eigenvalue weighted by atomic mass is 14.9. The Labute approximate surface area is 75.7 Å². The zero-order valence-corrected chi connectivity index (χ0v) is 7.18. The van der Waals surface area contributed by atoms with Crippen LogP contribution < -0.4 is 0 Å². The summed E-state index contributed by atoms with van der Waals surface area (Å²) in [4.78, 5) is 16.2. The number of aromatic nitrogens is 4. The lowest BCUT2D eigenvalue weighted by molar-refractivity contribution is 1.09. The molecule has 0 aliphatic heterocycles. The molecule has 0 atom stereocenters. The standard InChI is InChI=1S/C9H8N4/c1-7-4-8(13-6-12-7)9-5-10-2-3-11-9/h2-6H,1H3. The topological polar surface area (TPSA) is 51.6 Å². The van der Waals surface area contributed by atoms with E-state index >= 15 is 0 Å². The number of nitrogens with zero attached hydrogens (tertiary/aromatic N) is 4. The van der Waals surface area contributed by atoms with E-state index in [1.165, 1.54) is 6.33 Å². The molecular formula is C9H8N4. The van der Waals surface area contributed by atoms with Crippen molar-refractivity contribution in [1.29, 1.82) is 0 Å². The average molecular weight is 172 g/mol. The molecule has 2 aromatic heterocycles. The van der Waals surface area contributed by atoms with Crippen molar-refractivity contribution in [2.45, 2.75) is 6.92 Å². The minimum atomic E-state index is 0.771. The summed E-state index contributed by atoms with van der Waals surface area (Å²) in [5, 5.41) is 0. The van der Waals surface area contributed by atoms with E-state index in [-0.39, 0.29) is 0 Å². The molecule has 0 bridgehead atoms. The highest BCUT2D eigenvalue weighted by Gasteiger charge is 1.99. The average Bonchev–Trinajstić information content (AvgIpc) is 2.19. The number of aryl methyl sites for hydroxylation is 1. The first kappa shape index (κ1) is 7.79. The van der Waals surface area contributed by atoms with Crippen LogP contribution in [0.1, 0.15) is 5.69 Å². The normalized spacial score (nSPS) is 9.92. The summed E-state index contributed by atoms with van der Waals surface area (Å²) < 4.78 is 0. The number of hydrogen-bond acceptors (Lipinski definition) is 4. The molecule has 4 heteroatoms. The molecule has 2 aromatic rings. The van der Waals surface area contributed by atoms with Crippen LogP contribution in [0, 0.1) is 6.92 Å². The zero-order valence-electron chi connectivity index (χ0n) is 7.18. The molecule has 0 saturated carbocycles. The van der Waals surface area contributed by atoms with Gasteiger partial charge in [0.15, 0.2) is 0 Å². The van der Waals surface area contributed by atoms with Crippen LogP contribution in [0.2, 0.25) is 0 Å². The van der Waals surface area contributed by atoms with Gasteiger partial charge in [0.1, 0.15) is 12.0 Å². The van der Waals surface area contributed by atoms with E-state index < -0.39 is 0 Å². The van der Waals surface area contributed by atoms with Crippen molar-refractivity contribution in [1.82, 2.24) is 19.9 Å². The first-order valence-electron chi connectivity index (χ1n) is 3.91. The van der Waals surface area contributed by atoms with E-state index in [1.807, 2.05) is 13.0 Å². The van der Waals surface area contributed by atoms with E-state index in [9.17, 15) is 0 Å². The summed E-state index contributed by atoms with van der Waals surface area (Å²) in [5.41, 5.74) is 2.50. The molecule has 2 heterocycles. The Balaban J connectivity index is 2.48. The summed E-state index contributed by atoms with van der Waals surface area (Å²) in [7, 11) is 0. The second kappa shape index (κ2) is 3.26. The summed E-state index contributed by atoms with van der Waals surface area (Å²) in [6.45, 7) is 1.92. The SMILES string of the molecule is Cc1cc(-c2cnccn2)ncn1. The fourth-order valence-electron chi connectivity index (χ4n) is 1.03. The lowest BCUT2D eigenvalue weighted by Crippen LogP contribution is -1.90. The Morgan fingerprint density at radius 3 is 2.62 bits per heavy atom. The van der Waals surface area contributed by atoms with Gasteiger partial charge in [-0.1, -0.05) is 0 Å². The molecular weight excluding hydrogens is 164 g/mol. The fraction of sp³-hybridized carbons (Fsp3) is 0.111. The minimum Gasteiger partial charge on any atom is -0.261 e. The zero-order chi connectivity index (χ0) is 9.10. The molecule has 0 spiro atoms. The molecule has 0 aliphatic rings. The van der Waals surface area contributed by atoms with E-state index in [1.54, 1.807) is 18.6 Å². The Morgan fingerprint density at radius 1 is 1.00 bits per heavy atom. The van der Waals surface area contributed by atoms with Crippen LogP contribution in [0.3, 0.4) is 0 Å². The molecule has 0 N–H and O–H groups in total. The van der Waals surface area contributed by atoms with Gasteiger partial charge in [-0.25, -0.2) is 9.97 Å². The molecule has 0 aliphatic carbocycles. The Bertz CT molecular complexity index is 399. The van der Waals surface area contributed by atoms with Gasteiger partial charge in [0.2, 0.25) is 0 Å². The van der Waals surface area contributed by atoms with E-state index in [2.05, 4.69) is 19.9 Å². The summed E-state index contributed by atoms with van der Waals surface area (Å²) >= 11 is 0. The predicted octanol–water partition coefficient (Wildman–Crippen LogP) is 1.24. The highest BCUT2D eigenvalue weighted by Crippen LogP contribution is 2.11. The molecule has 64 valence electrons. The third kappa shape index (κ3) is 1.66. The minimum absolute atomic E-state index is 0.771. The molecule has 0 amide bonds. The van der Waals surface area contributed by atoms with Crippen LogP contribution in [0.5, 0.6) is 0 Å². The first-order valence-corrected chi connectivity index (χ1v) is 3.91. The van der Waals surface area contributed by atoms with Crippen LogP contribution in [-0.2, 0) is 0 Å². The van der Waals surface area contributed by atoms with E-state index in [0.717, 1.165) is 17.1 Å². The largest absolute Gasteiger partial charge is 0.261 e. The van der Waals surface area contributed by atoms with Crippen molar-refractivity contribution in [2.75, 3.05) is 0 Å². The molecule has 0 unspecified atom stereocenters. The lowest BCUT2D eigenvalue weighted by Gasteiger charge is -1.98. The Kier molecular flexibility index (Phi) is 1.96. The Morgan fingerprint density at radius 2 is 1.92 bits per heavy atom. The second-order valence-corrected chi connectivity index (χ2v) is 2.64.